The zero-order valence-corrected chi connectivity index (χ0v) is 14.9. The van der Waals surface area contributed by atoms with Crippen molar-refractivity contribution >= 4 is 34.4 Å². The molecule has 3 aromatic rings. The van der Waals surface area contributed by atoms with Crippen molar-refractivity contribution in [2.75, 3.05) is 18.7 Å². The van der Waals surface area contributed by atoms with Gasteiger partial charge in [-0.05, 0) is 46.7 Å². The van der Waals surface area contributed by atoms with Crippen molar-refractivity contribution < 1.29 is 23.8 Å². The Morgan fingerprint density at radius 3 is 2.68 bits per heavy atom. The first-order valence-electron chi connectivity index (χ1n) is 8.70. The van der Waals surface area contributed by atoms with Crippen molar-refractivity contribution in [1.29, 1.82) is 0 Å². The lowest BCUT2D eigenvalue weighted by Crippen LogP contribution is -2.20. The summed E-state index contributed by atoms with van der Waals surface area (Å²) >= 11 is 0. The highest BCUT2D eigenvalue weighted by Gasteiger charge is 2.12. The number of carbonyl (C=O) groups excluding carboxylic acids is 2. The van der Waals surface area contributed by atoms with E-state index in [4.69, 9.17) is 14.2 Å². The topological polar surface area (TPSA) is 73.9 Å². The molecule has 1 amide bonds. The fourth-order valence-electron chi connectivity index (χ4n) is 2.83. The Labute approximate surface area is 161 Å². The number of benzene rings is 3. The van der Waals surface area contributed by atoms with E-state index < -0.39 is 11.9 Å². The van der Waals surface area contributed by atoms with Gasteiger partial charge in [-0.25, -0.2) is 4.79 Å². The summed E-state index contributed by atoms with van der Waals surface area (Å²) in [6.45, 7) is -0.173. The van der Waals surface area contributed by atoms with Crippen LogP contribution in [0.4, 0.5) is 5.69 Å². The average molecular weight is 375 g/mol. The SMILES string of the molecule is O=C(COC(=O)/C=C/c1ccc2c(c1)OCO2)Nc1ccc2ccccc2c1. The maximum Gasteiger partial charge on any atom is 0.331 e. The minimum absolute atomic E-state index is 0.191. The van der Waals surface area contributed by atoms with E-state index in [0.717, 1.165) is 16.3 Å². The summed E-state index contributed by atoms with van der Waals surface area (Å²) in [7, 11) is 0. The molecule has 0 saturated heterocycles. The van der Waals surface area contributed by atoms with Crippen molar-refractivity contribution in [3.63, 3.8) is 0 Å². The lowest BCUT2D eigenvalue weighted by Gasteiger charge is -2.06. The Morgan fingerprint density at radius 2 is 1.79 bits per heavy atom. The average Bonchev–Trinajstić information content (AvgIpc) is 3.18. The van der Waals surface area contributed by atoms with Crippen LogP contribution in [0.1, 0.15) is 5.56 Å². The van der Waals surface area contributed by atoms with Crippen LogP contribution < -0.4 is 14.8 Å². The lowest BCUT2D eigenvalue weighted by molar-refractivity contribution is -0.142. The second kappa shape index (κ2) is 7.84. The normalized spacial score (nSPS) is 12.3. The van der Waals surface area contributed by atoms with E-state index in [1.807, 2.05) is 42.5 Å². The van der Waals surface area contributed by atoms with E-state index in [-0.39, 0.29) is 13.4 Å². The highest BCUT2D eigenvalue weighted by Crippen LogP contribution is 2.32. The minimum atomic E-state index is -0.605. The molecule has 6 nitrogen and oxygen atoms in total. The number of carbonyl (C=O) groups is 2. The quantitative estimate of drug-likeness (QED) is 0.543. The summed E-state index contributed by atoms with van der Waals surface area (Å²) in [4.78, 5) is 23.8. The van der Waals surface area contributed by atoms with Gasteiger partial charge in [0.1, 0.15) is 0 Å². The Kier molecular flexibility index (Phi) is 4.93. The highest BCUT2D eigenvalue weighted by atomic mass is 16.7. The van der Waals surface area contributed by atoms with Gasteiger partial charge in [0, 0.05) is 11.8 Å². The number of rotatable bonds is 5. The van der Waals surface area contributed by atoms with Crippen molar-refractivity contribution in [1.82, 2.24) is 0 Å². The smallest absolute Gasteiger partial charge is 0.331 e. The van der Waals surface area contributed by atoms with Gasteiger partial charge in [-0.1, -0.05) is 36.4 Å². The first-order valence-corrected chi connectivity index (χ1v) is 8.70. The van der Waals surface area contributed by atoms with Crippen LogP contribution in [0.3, 0.4) is 0 Å². The second-order valence-corrected chi connectivity index (χ2v) is 6.16. The number of anilines is 1. The van der Waals surface area contributed by atoms with Gasteiger partial charge in [-0.2, -0.15) is 0 Å². The third-order valence-electron chi connectivity index (χ3n) is 4.19. The number of esters is 1. The molecule has 1 N–H and O–H groups in total. The number of nitrogens with one attached hydrogen (secondary N) is 1. The largest absolute Gasteiger partial charge is 0.454 e. The number of amides is 1. The molecular formula is C22H17NO5. The van der Waals surface area contributed by atoms with Gasteiger partial charge in [-0.3, -0.25) is 4.79 Å². The van der Waals surface area contributed by atoms with E-state index >= 15 is 0 Å². The van der Waals surface area contributed by atoms with E-state index in [1.165, 1.54) is 6.08 Å². The fraction of sp³-hybridized carbons (Fsp3) is 0.0909. The van der Waals surface area contributed by atoms with Crippen molar-refractivity contribution in [3.8, 4) is 11.5 Å². The van der Waals surface area contributed by atoms with E-state index in [2.05, 4.69) is 5.32 Å². The molecule has 0 bridgehead atoms. The van der Waals surface area contributed by atoms with Crippen LogP contribution in [-0.4, -0.2) is 25.3 Å². The maximum atomic E-state index is 12.0. The molecule has 6 heteroatoms. The molecule has 4 rings (SSSR count). The summed E-state index contributed by atoms with van der Waals surface area (Å²) in [5.74, 6) is 0.293. The van der Waals surface area contributed by atoms with Gasteiger partial charge in [-0.15, -0.1) is 0 Å². The van der Waals surface area contributed by atoms with Crippen molar-refractivity contribution in [2.24, 2.45) is 0 Å². The molecule has 0 fully saturated rings. The van der Waals surface area contributed by atoms with Crippen molar-refractivity contribution in [3.05, 3.63) is 72.3 Å². The Balaban J connectivity index is 1.29. The van der Waals surface area contributed by atoms with Crippen LogP contribution in [0.5, 0.6) is 11.5 Å². The molecule has 1 heterocycles. The predicted molar refractivity (Wildman–Crippen MR) is 105 cm³/mol. The van der Waals surface area contributed by atoms with Gasteiger partial charge >= 0.3 is 5.97 Å². The van der Waals surface area contributed by atoms with E-state index in [1.54, 1.807) is 24.3 Å². The summed E-state index contributed by atoms with van der Waals surface area (Å²) in [6.07, 6.45) is 2.85. The Morgan fingerprint density at radius 1 is 0.964 bits per heavy atom. The number of ether oxygens (including phenoxy) is 3. The summed E-state index contributed by atoms with van der Waals surface area (Å²) in [5.41, 5.74) is 1.41. The predicted octanol–water partition coefficient (Wildman–Crippen LogP) is 3.76. The second-order valence-electron chi connectivity index (χ2n) is 6.16. The first kappa shape index (κ1) is 17.6. The summed E-state index contributed by atoms with van der Waals surface area (Å²) < 4.78 is 15.5. The maximum absolute atomic E-state index is 12.0. The van der Waals surface area contributed by atoms with Crippen LogP contribution in [0.2, 0.25) is 0 Å². The summed E-state index contributed by atoms with van der Waals surface area (Å²) in [5, 5.41) is 4.82. The van der Waals surface area contributed by atoms with Crippen LogP contribution >= 0.6 is 0 Å². The molecular weight excluding hydrogens is 358 g/mol. The fourth-order valence-corrected chi connectivity index (χ4v) is 2.83. The molecule has 0 radical (unpaired) electrons. The Hall–Kier alpha value is -3.80. The van der Waals surface area contributed by atoms with Crippen molar-refractivity contribution in [2.45, 2.75) is 0 Å². The van der Waals surface area contributed by atoms with E-state index in [9.17, 15) is 9.59 Å². The zero-order valence-electron chi connectivity index (χ0n) is 14.9. The lowest BCUT2D eigenvalue weighted by atomic mass is 10.1. The molecule has 0 atom stereocenters. The molecule has 0 spiro atoms. The van der Waals surface area contributed by atoms with Crippen LogP contribution in [0, 0.1) is 0 Å². The Bertz CT molecular complexity index is 1070. The number of hydrogen-bond donors (Lipinski definition) is 1. The molecule has 0 aromatic heterocycles. The van der Waals surface area contributed by atoms with Crippen LogP contribution in [-0.2, 0) is 14.3 Å². The van der Waals surface area contributed by atoms with Gasteiger partial charge in [0.25, 0.3) is 5.91 Å². The third kappa shape index (κ3) is 4.12. The van der Waals surface area contributed by atoms with E-state index in [0.29, 0.717) is 17.2 Å². The van der Waals surface area contributed by atoms with Gasteiger partial charge < -0.3 is 19.5 Å². The standard InChI is InChI=1S/C22H17NO5/c24-21(23-18-8-7-16-3-1-2-4-17(16)12-18)13-26-22(25)10-6-15-5-9-19-20(11-15)28-14-27-19/h1-12H,13-14H2,(H,23,24)/b10-6+. The summed E-state index contributed by atoms with van der Waals surface area (Å²) in [6, 6.07) is 18.8. The molecule has 0 unspecified atom stereocenters. The van der Waals surface area contributed by atoms with Gasteiger partial charge in [0.05, 0.1) is 0 Å². The number of hydrogen-bond acceptors (Lipinski definition) is 5. The molecule has 1 aliphatic heterocycles. The molecule has 0 saturated carbocycles. The molecule has 140 valence electrons. The molecule has 0 aliphatic carbocycles. The highest BCUT2D eigenvalue weighted by molar-refractivity contribution is 5.96. The van der Waals surface area contributed by atoms with Gasteiger partial charge in [0.2, 0.25) is 6.79 Å². The van der Waals surface area contributed by atoms with Crippen LogP contribution in [0.25, 0.3) is 16.8 Å². The third-order valence-corrected chi connectivity index (χ3v) is 4.19. The first-order chi connectivity index (χ1) is 13.7. The molecule has 1 aliphatic rings. The van der Waals surface area contributed by atoms with Crippen LogP contribution in [0.15, 0.2) is 66.7 Å². The minimum Gasteiger partial charge on any atom is -0.454 e. The zero-order chi connectivity index (χ0) is 19.3. The number of fused-ring (bicyclic) bond motifs is 2. The van der Waals surface area contributed by atoms with Gasteiger partial charge in [0.15, 0.2) is 18.1 Å². The molecule has 28 heavy (non-hydrogen) atoms. The monoisotopic (exact) mass is 375 g/mol. The molecule has 3 aromatic carbocycles.